The van der Waals surface area contributed by atoms with Gasteiger partial charge in [0.25, 0.3) is 5.91 Å². The standard InChI is InChI=1S/C14H20N2O4/c15-11(7-9-5-6-12(17)13(18)8-9)14(19)16-20-10-3-1-2-4-10/h5-6,8,10-11,17-18H,1-4,7,15H2,(H,16,19)/t11-/m0/s1. The Bertz CT molecular complexity index is 472. The Morgan fingerprint density at radius 1 is 1.35 bits per heavy atom. The van der Waals surface area contributed by atoms with Crippen LogP contribution in [0.15, 0.2) is 18.2 Å². The maximum Gasteiger partial charge on any atom is 0.260 e. The third-order valence-electron chi connectivity index (χ3n) is 3.46. The van der Waals surface area contributed by atoms with Crippen molar-refractivity contribution in [2.75, 3.05) is 0 Å². The van der Waals surface area contributed by atoms with Gasteiger partial charge in [0.15, 0.2) is 11.5 Å². The number of hydroxylamine groups is 1. The Morgan fingerprint density at radius 2 is 2.05 bits per heavy atom. The lowest BCUT2D eigenvalue weighted by Gasteiger charge is -2.15. The number of phenols is 2. The molecule has 1 fully saturated rings. The van der Waals surface area contributed by atoms with Gasteiger partial charge in [-0.1, -0.05) is 18.9 Å². The molecule has 6 heteroatoms. The van der Waals surface area contributed by atoms with E-state index in [1.807, 2.05) is 0 Å². The van der Waals surface area contributed by atoms with Gasteiger partial charge in [-0.05, 0) is 37.0 Å². The van der Waals surface area contributed by atoms with Gasteiger partial charge in [-0.15, -0.1) is 0 Å². The third kappa shape index (κ3) is 3.85. The Balaban J connectivity index is 1.81. The zero-order valence-electron chi connectivity index (χ0n) is 11.2. The molecule has 0 heterocycles. The van der Waals surface area contributed by atoms with E-state index in [4.69, 9.17) is 10.6 Å². The predicted molar refractivity (Wildman–Crippen MR) is 72.9 cm³/mol. The number of carbonyl (C=O) groups excluding carboxylic acids is 1. The zero-order valence-corrected chi connectivity index (χ0v) is 11.2. The molecule has 0 radical (unpaired) electrons. The number of hydrogen-bond acceptors (Lipinski definition) is 5. The molecule has 0 bridgehead atoms. The molecule has 1 saturated carbocycles. The molecule has 0 unspecified atom stereocenters. The number of nitrogens with one attached hydrogen (secondary N) is 1. The van der Waals surface area contributed by atoms with Crippen LogP contribution in [0.2, 0.25) is 0 Å². The molecular formula is C14H20N2O4. The molecule has 5 N–H and O–H groups in total. The van der Waals surface area contributed by atoms with Crippen molar-refractivity contribution in [1.82, 2.24) is 5.48 Å². The summed E-state index contributed by atoms with van der Waals surface area (Å²) in [5.74, 6) is -0.807. The van der Waals surface area contributed by atoms with Crippen LogP contribution in [0.1, 0.15) is 31.2 Å². The van der Waals surface area contributed by atoms with Crippen LogP contribution in [0.25, 0.3) is 0 Å². The van der Waals surface area contributed by atoms with Gasteiger partial charge in [0, 0.05) is 0 Å². The largest absolute Gasteiger partial charge is 0.504 e. The van der Waals surface area contributed by atoms with E-state index in [0.717, 1.165) is 25.7 Å². The van der Waals surface area contributed by atoms with Crippen LogP contribution in [0, 0.1) is 0 Å². The molecule has 0 spiro atoms. The molecule has 20 heavy (non-hydrogen) atoms. The average molecular weight is 280 g/mol. The molecule has 1 aromatic rings. The Morgan fingerprint density at radius 3 is 2.70 bits per heavy atom. The van der Waals surface area contributed by atoms with Crippen molar-refractivity contribution in [2.24, 2.45) is 5.73 Å². The van der Waals surface area contributed by atoms with Crippen molar-refractivity contribution in [1.29, 1.82) is 0 Å². The van der Waals surface area contributed by atoms with E-state index in [1.165, 1.54) is 12.1 Å². The summed E-state index contributed by atoms with van der Waals surface area (Å²) in [6.45, 7) is 0. The van der Waals surface area contributed by atoms with Crippen molar-refractivity contribution in [3.8, 4) is 11.5 Å². The minimum absolute atomic E-state index is 0.0869. The highest BCUT2D eigenvalue weighted by Gasteiger charge is 2.19. The fourth-order valence-corrected chi connectivity index (χ4v) is 2.27. The summed E-state index contributed by atoms with van der Waals surface area (Å²) in [4.78, 5) is 17.1. The summed E-state index contributed by atoms with van der Waals surface area (Å²) in [6.07, 6.45) is 4.51. The van der Waals surface area contributed by atoms with Crippen LogP contribution in [0.4, 0.5) is 0 Å². The topological polar surface area (TPSA) is 105 Å². The van der Waals surface area contributed by atoms with Crippen molar-refractivity contribution in [2.45, 2.75) is 44.2 Å². The van der Waals surface area contributed by atoms with Crippen LogP contribution in [0.3, 0.4) is 0 Å². The average Bonchev–Trinajstić information content (AvgIpc) is 2.93. The van der Waals surface area contributed by atoms with E-state index in [1.54, 1.807) is 6.07 Å². The van der Waals surface area contributed by atoms with Crippen LogP contribution in [-0.2, 0) is 16.1 Å². The van der Waals surface area contributed by atoms with Gasteiger partial charge in [0.05, 0.1) is 12.1 Å². The minimum Gasteiger partial charge on any atom is -0.504 e. The molecule has 1 aliphatic carbocycles. The van der Waals surface area contributed by atoms with Gasteiger partial charge in [0.1, 0.15) is 0 Å². The SMILES string of the molecule is N[C@@H](Cc1ccc(O)c(O)c1)C(=O)NOC1CCCC1. The molecule has 2 rings (SSSR count). The van der Waals surface area contributed by atoms with Gasteiger partial charge < -0.3 is 15.9 Å². The molecule has 1 amide bonds. The number of aromatic hydroxyl groups is 2. The highest BCUT2D eigenvalue weighted by atomic mass is 16.7. The van der Waals surface area contributed by atoms with Crippen molar-refractivity contribution >= 4 is 5.91 Å². The minimum atomic E-state index is -0.764. The smallest absolute Gasteiger partial charge is 0.260 e. The lowest BCUT2D eigenvalue weighted by molar-refractivity contribution is -0.139. The van der Waals surface area contributed by atoms with E-state index >= 15 is 0 Å². The van der Waals surface area contributed by atoms with Gasteiger partial charge in [-0.2, -0.15) is 0 Å². The fourth-order valence-electron chi connectivity index (χ4n) is 2.27. The number of carbonyl (C=O) groups is 1. The summed E-state index contributed by atoms with van der Waals surface area (Å²) in [5, 5.41) is 18.6. The molecule has 1 atom stereocenters. The van der Waals surface area contributed by atoms with Gasteiger partial charge in [-0.25, -0.2) is 5.48 Å². The normalized spacial score (nSPS) is 17.1. The second-order valence-corrected chi connectivity index (χ2v) is 5.12. The number of amides is 1. The fraction of sp³-hybridized carbons (Fsp3) is 0.500. The molecule has 6 nitrogen and oxygen atoms in total. The van der Waals surface area contributed by atoms with Gasteiger partial charge in [0.2, 0.25) is 0 Å². The van der Waals surface area contributed by atoms with E-state index in [2.05, 4.69) is 5.48 Å². The number of hydrogen-bond donors (Lipinski definition) is 4. The summed E-state index contributed by atoms with van der Waals surface area (Å²) in [7, 11) is 0. The molecular weight excluding hydrogens is 260 g/mol. The highest BCUT2D eigenvalue weighted by Crippen LogP contribution is 2.25. The maximum atomic E-state index is 11.8. The number of phenolic OH excluding ortho intramolecular Hbond substituents is 2. The first-order valence-electron chi connectivity index (χ1n) is 6.78. The van der Waals surface area contributed by atoms with E-state index in [0.29, 0.717) is 5.56 Å². The van der Waals surface area contributed by atoms with Gasteiger partial charge in [-0.3, -0.25) is 9.63 Å². The summed E-state index contributed by atoms with van der Waals surface area (Å²) < 4.78 is 0. The summed E-state index contributed by atoms with van der Waals surface area (Å²) in [5.41, 5.74) is 8.85. The highest BCUT2D eigenvalue weighted by molar-refractivity contribution is 5.80. The summed E-state index contributed by atoms with van der Waals surface area (Å²) >= 11 is 0. The van der Waals surface area contributed by atoms with Crippen molar-refractivity contribution < 1.29 is 19.8 Å². The molecule has 0 aromatic heterocycles. The van der Waals surface area contributed by atoms with Crippen molar-refractivity contribution in [3.05, 3.63) is 23.8 Å². The number of rotatable bonds is 5. The molecule has 0 aliphatic heterocycles. The molecule has 110 valence electrons. The Hall–Kier alpha value is -1.79. The van der Waals surface area contributed by atoms with Crippen LogP contribution in [-0.4, -0.2) is 28.3 Å². The number of benzene rings is 1. The lowest BCUT2D eigenvalue weighted by atomic mass is 10.1. The van der Waals surface area contributed by atoms with Crippen LogP contribution < -0.4 is 11.2 Å². The van der Waals surface area contributed by atoms with Crippen LogP contribution in [0.5, 0.6) is 11.5 Å². The van der Waals surface area contributed by atoms with E-state index < -0.39 is 6.04 Å². The zero-order chi connectivity index (χ0) is 14.5. The molecule has 1 aliphatic rings. The van der Waals surface area contributed by atoms with Gasteiger partial charge >= 0.3 is 0 Å². The summed E-state index contributed by atoms with van der Waals surface area (Å²) in [6, 6.07) is 3.60. The lowest BCUT2D eigenvalue weighted by Crippen LogP contribution is -2.43. The second kappa shape index (κ2) is 6.58. The Kier molecular flexibility index (Phi) is 4.81. The van der Waals surface area contributed by atoms with E-state index in [9.17, 15) is 15.0 Å². The van der Waals surface area contributed by atoms with Crippen molar-refractivity contribution in [3.63, 3.8) is 0 Å². The third-order valence-corrected chi connectivity index (χ3v) is 3.46. The number of nitrogens with two attached hydrogens (primary N) is 1. The predicted octanol–water partition coefficient (Wildman–Crippen LogP) is 0.958. The molecule has 0 saturated heterocycles. The van der Waals surface area contributed by atoms with Crippen LogP contribution >= 0.6 is 0 Å². The second-order valence-electron chi connectivity index (χ2n) is 5.12. The quantitative estimate of drug-likeness (QED) is 0.475. The first kappa shape index (κ1) is 14.6. The first-order valence-corrected chi connectivity index (χ1v) is 6.78. The Labute approximate surface area is 117 Å². The molecule has 1 aromatic carbocycles. The first-order chi connectivity index (χ1) is 9.56. The maximum absolute atomic E-state index is 11.8. The monoisotopic (exact) mass is 280 g/mol. The van der Waals surface area contributed by atoms with E-state index in [-0.39, 0.29) is 29.9 Å².